The zero-order valence-corrected chi connectivity index (χ0v) is 15.4. The molecule has 1 aliphatic heterocycles. The number of hydrogen-bond acceptors (Lipinski definition) is 3. The first-order valence-corrected chi connectivity index (χ1v) is 9.25. The number of fused-ring (bicyclic) bond motifs is 1. The average Bonchev–Trinajstić information content (AvgIpc) is 3.11. The lowest BCUT2D eigenvalue weighted by Gasteiger charge is -2.17. The van der Waals surface area contributed by atoms with Gasteiger partial charge >= 0.3 is 0 Å². The second-order valence-electron chi connectivity index (χ2n) is 6.73. The van der Waals surface area contributed by atoms with Crippen molar-refractivity contribution in [2.45, 2.75) is 25.8 Å². The number of imidazole rings is 1. The van der Waals surface area contributed by atoms with Gasteiger partial charge in [0.2, 0.25) is 0 Å². The molecule has 0 unspecified atom stereocenters. The van der Waals surface area contributed by atoms with Crippen LogP contribution in [0.1, 0.15) is 39.6 Å². The normalized spacial score (nSPS) is 12.9. The van der Waals surface area contributed by atoms with Crippen molar-refractivity contribution >= 4 is 23.2 Å². The Morgan fingerprint density at radius 1 is 0.931 bits per heavy atom. The van der Waals surface area contributed by atoms with Crippen LogP contribution in [0.25, 0.3) is 0 Å². The molecule has 2 heterocycles. The molecule has 0 aliphatic carbocycles. The predicted molar refractivity (Wildman–Crippen MR) is 104 cm³/mol. The highest BCUT2D eigenvalue weighted by atomic mass is 19.1. The molecular formula is C21H18F2N4O2. The number of benzene rings is 2. The van der Waals surface area contributed by atoms with E-state index < -0.39 is 23.4 Å². The van der Waals surface area contributed by atoms with Crippen LogP contribution in [0.5, 0.6) is 0 Å². The number of carbonyl (C=O) groups excluding carboxylic acids is 2. The van der Waals surface area contributed by atoms with Crippen molar-refractivity contribution in [3.05, 3.63) is 77.4 Å². The summed E-state index contributed by atoms with van der Waals surface area (Å²) in [6, 6.07) is 11.2. The molecule has 4 rings (SSSR count). The Labute approximate surface area is 165 Å². The third-order valence-electron chi connectivity index (χ3n) is 4.76. The van der Waals surface area contributed by atoms with Crippen LogP contribution in [-0.2, 0) is 13.0 Å². The molecule has 2 N–H and O–H groups in total. The van der Waals surface area contributed by atoms with Crippen molar-refractivity contribution in [2.75, 3.05) is 10.6 Å². The fraction of sp³-hybridized carbons (Fsp3) is 0.190. The zero-order chi connectivity index (χ0) is 20.4. The van der Waals surface area contributed by atoms with Gasteiger partial charge in [0.1, 0.15) is 11.6 Å². The second kappa shape index (κ2) is 7.83. The van der Waals surface area contributed by atoms with Gasteiger partial charge in [-0.3, -0.25) is 9.59 Å². The van der Waals surface area contributed by atoms with Crippen LogP contribution >= 0.6 is 0 Å². The third-order valence-corrected chi connectivity index (χ3v) is 4.76. The maximum atomic E-state index is 13.9. The fourth-order valence-electron chi connectivity index (χ4n) is 3.36. The van der Waals surface area contributed by atoms with Crippen LogP contribution in [0.2, 0.25) is 0 Å². The Balaban J connectivity index is 1.63. The van der Waals surface area contributed by atoms with Crippen LogP contribution in [-0.4, -0.2) is 21.4 Å². The van der Waals surface area contributed by atoms with Crippen LogP contribution in [0.4, 0.5) is 20.2 Å². The summed E-state index contributed by atoms with van der Waals surface area (Å²) in [5.41, 5.74) is 1.22. The van der Waals surface area contributed by atoms with Gasteiger partial charge in [-0.1, -0.05) is 12.1 Å². The lowest BCUT2D eigenvalue weighted by molar-refractivity contribution is 0.101. The van der Waals surface area contributed by atoms with Gasteiger partial charge in [0.15, 0.2) is 11.5 Å². The molecule has 8 heteroatoms. The van der Waals surface area contributed by atoms with Crippen LogP contribution in [0.3, 0.4) is 0 Å². The molecule has 0 fully saturated rings. The number of carbonyl (C=O) groups is 2. The lowest BCUT2D eigenvalue weighted by atomic mass is 10.1. The Hall–Kier alpha value is -3.55. The number of hydrogen-bond donors (Lipinski definition) is 2. The Bertz CT molecular complexity index is 1080. The van der Waals surface area contributed by atoms with Gasteiger partial charge in [-0.05, 0) is 55.7 Å². The number of para-hydroxylation sites is 1. The SMILES string of the molecule is O=C(Nc1ccccc1F)c1nc(C(=O)Nc2ccc(F)cc2)n2c1CCCC2. The summed E-state index contributed by atoms with van der Waals surface area (Å²) < 4.78 is 28.7. The molecular weight excluding hydrogens is 378 g/mol. The van der Waals surface area contributed by atoms with Gasteiger partial charge in [-0.25, -0.2) is 13.8 Å². The molecule has 148 valence electrons. The van der Waals surface area contributed by atoms with Crippen LogP contribution < -0.4 is 10.6 Å². The van der Waals surface area contributed by atoms with E-state index in [0.717, 1.165) is 12.8 Å². The molecule has 0 saturated heterocycles. The molecule has 2 amide bonds. The first-order chi connectivity index (χ1) is 14.0. The topological polar surface area (TPSA) is 76.0 Å². The van der Waals surface area contributed by atoms with Gasteiger partial charge in [-0.15, -0.1) is 0 Å². The highest BCUT2D eigenvalue weighted by molar-refractivity contribution is 6.07. The Morgan fingerprint density at radius 3 is 2.45 bits per heavy atom. The molecule has 0 bridgehead atoms. The van der Waals surface area contributed by atoms with Gasteiger partial charge in [0, 0.05) is 12.2 Å². The summed E-state index contributed by atoms with van der Waals surface area (Å²) >= 11 is 0. The molecule has 0 spiro atoms. The monoisotopic (exact) mass is 396 g/mol. The Morgan fingerprint density at radius 2 is 1.69 bits per heavy atom. The maximum Gasteiger partial charge on any atom is 0.291 e. The van der Waals surface area contributed by atoms with Gasteiger partial charge < -0.3 is 15.2 Å². The van der Waals surface area contributed by atoms with E-state index in [1.807, 2.05) is 0 Å². The summed E-state index contributed by atoms with van der Waals surface area (Å²) in [7, 11) is 0. The number of nitrogens with zero attached hydrogens (tertiary/aromatic N) is 2. The van der Waals surface area contributed by atoms with Crippen LogP contribution in [0.15, 0.2) is 48.5 Å². The summed E-state index contributed by atoms with van der Waals surface area (Å²) in [6.07, 6.45) is 2.32. The number of nitrogens with one attached hydrogen (secondary N) is 2. The minimum absolute atomic E-state index is 0.0485. The van der Waals surface area contributed by atoms with Gasteiger partial charge in [0.05, 0.1) is 11.4 Å². The summed E-state index contributed by atoms with van der Waals surface area (Å²) in [5.74, 6) is -1.93. The summed E-state index contributed by atoms with van der Waals surface area (Å²) in [4.78, 5) is 29.8. The lowest BCUT2D eigenvalue weighted by Crippen LogP contribution is -2.21. The van der Waals surface area contributed by atoms with E-state index in [1.165, 1.54) is 42.5 Å². The van der Waals surface area contributed by atoms with Crippen molar-refractivity contribution in [1.82, 2.24) is 9.55 Å². The molecule has 0 radical (unpaired) electrons. The van der Waals surface area contributed by atoms with E-state index in [4.69, 9.17) is 0 Å². The first kappa shape index (κ1) is 18.8. The molecule has 3 aromatic rings. The third kappa shape index (κ3) is 3.87. The van der Waals surface area contributed by atoms with Gasteiger partial charge in [0.25, 0.3) is 11.8 Å². The van der Waals surface area contributed by atoms with E-state index in [9.17, 15) is 18.4 Å². The van der Waals surface area contributed by atoms with Crippen molar-refractivity contribution in [1.29, 1.82) is 0 Å². The van der Waals surface area contributed by atoms with Crippen molar-refractivity contribution in [3.63, 3.8) is 0 Å². The van der Waals surface area contributed by atoms with Crippen molar-refractivity contribution in [3.8, 4) is 0 Å². The molecule has 2 aromatic carbocycles. The first-order valence-electron chi connectivity index (χ1n) is 9.25. The number of halogens is 2. The van der Waals surface area contributed by atoms with E-state index >= 15 is 0 Å². The van der Waals surface area contributed by atoms with Crippen molar-refractivity contribution in [2.24, 2.45) is 0 Å². The highest BCUT2D eigenvalue weighted by Gasteiger charge is 2.28. The number of amides is 2. The van der Waals surface area contributed by atoms with E-state index in [-0.39, 0.29) is 17.2 Å². The summed E-state index contributed by atoms with van der Waals surface area (Å²) in [5, 5.41) is 5.19. The molecule has 29 heavy (non-hydrogen) atoms. The molecule has 0 saturated carbocycles. The van der Waals surface area contributed by atoms with E-state index in [0.29, 0.717) is 24.3 Å². The largest absolute Gasteiger partial charge is 0.323 e. The quantitative estimate of drug-likeness (QED) is 0.700. The standard InChI is InChI=1S/C21H18F2N4O2/c22-13-8-10-14(11-9-13)24-21(29)19-26-18(17-7-3-4-12-27(17)19)20(28)25-16-6-2-1-5-15(16)23/h1-2,5-6,8-11H,3-4,7,12H2,(H,24,29)(H,25,28). The minimum atomic E-state index is -0.568. The highest BCUT2D eigenvalue weighted by Crippen LogP contribution is 2.23. The van der Waals surface area contributed by atoms with E-state index in [1.54, 1.807) is 10.6 Å². The predicted octanol–water partition coefficient (Wildman–Crippen LogP) is 4.00. The maximum absolute atomic E-state index is 13.9. The molecule has 0 atom stereocenters. The molecule has 1 aliphatic rings. The minimum Gasteiger partial charge on any atom is -0.323 e. The van der Waals surface area contributed by atoms with Crippen LogP contribution in [0, 0.1) is 11.6 Å². The zero-order valence-electron chi connectivity index (χ0n) is 15.4. The van der Waals surface area contributed by atoms with Gasteiger partial charge in [-0.2, -0.15) is 0 Å². The van der Waals surface area contributed by atoms with E-state index in [2.05, 4.69) is 15.6 Å². The molecule has 1 aromatic heterocycles. The number of rotatable bonds is 4. The molecule has 6 nitrogen and oxygen atoms in total. The fourth-order valence-corrected chi connectivity index (χ4v) is 3.36. The smallest absolute Gasteiger partial charge is 0.291 e. The van der Waals surface area contributed by atoms with Crippen molar-refractivity contribution < 1.29 is 18.4 Å². The Kier molecular flexibility index (Phi) is 5.07. The number of aromatic nitrogens is 2. The second-order valence-corrected chi connectivity index (χ2v) is 6.73. The number of anilines is 2. The summed E-state index contributed by atoms with van der Waals surface area (Å²) in [6.45, 7) is 0.557. The average molecular weight is 396 g/mol.